The van der Waals surface area contributed by atoms with Crippen LogP contribution in [0.3, 0.4) is 0 Å². The summed E-state index contributed by atoms with van der Waals surface area (Å²) in [4.78, 5) is 10.4. The van der Waals surface area contributed by atoms with Crippen LogP contribution >= 0.6 is 0 Å². The van der Waals surface area contributed by atoms with Crippen LogP contribution in [0.5, 0.6) is 0 Å². The van der Waals surface area contributed by atoms with Gasteiger partial charge >= 0.3 is 5.69 Å². The first-order valence-electron chi connectivity index (χ1n) is 6.99. The molecule has 1 heterocycles. The number of aliphatic hydroxyl groups is 2. The Kier molecular flexibility index (Phi) is 6.25. The summed E-state index contributed by atoms with van der Waals surface area (Å²) in [5, 5.41) is 37.5. The lowest BCUT2D eigenvalue weighted by atomic mass is 10.1. The molecule has 0 spiro atoms. The molecule has 3 N–H and O–H groups in total. The number of aliphatic hydroxyl groups excluding tert-OH is 2. The maximum atomic E-state index is 10.9. The van der Waals surface area contributed by atoms with Crippen LogP contribution in [0.15, 0.2) is 0 Å². The number of nitro groups is 1. The van der Waals surface area contributed by atoms with Crippen molar-refractivity contribution >= 4 is 5.69 Å². The first-order valence-corrected chi connectivity index (χ1v) is 6.99. The van der Waals surface area contributed by atoms with E-state index in [4.69, 9.17) is 0 Å². The molecule has 0 aromatic carbocycles. The van der Waals surface area contributed by atoms with Gasteiger partial charge in [-0.25, -0.2) is 0 Å². The fourth-order valence-electron chi connectivity index (χ4n) is 2.03. The van der Waals surface area contributed by atoms with Crippen LogP contribution in [-0.4, -0.2) is 50.2 Å². The van der Waals surface area contributed by atoms with Crippen LogP contribution in [0.25, 0.3) is 0 Å². The number of rotatable bonds is 8. The largest absolute Gasteiger partial charge is 0.392 e. The van der Waals surface area contributed by atoms with Gasteiger partial charge in [0.1, 0.15) is 11.4 Å². The van der Waals surface area contributed by atoms with Gasteiger partial charge in [-0.1, -0.05) is 13.8 Å². The standard InChI is InChI=1S/C13H24N4O4/c1-8(2)12(19)6-14-5-11(18)7-16-10(4)13(17(20)21)9(3)15-16/h8,11-12,14,18-19H,5-7H2,1-4H3. The van der Waals surface area contributed by atoms with Crippen molar-refractivity contribution in [1.29, 1.82) is 0 Å². The molecule has 0 amide bonds. The molecule has 0 aliphatic rings. The number of aryl methyl sites for hydroxylation is 1. The second kappa shape index (κ2) is 7.48. The molecule has 1 rings (SSSR count). The molecule has 0 aliphatic heterocycles. The molecule has 0 bridgehead atoms. The molecule has 8 heteroatoms. The van der Waals surface area contributed by atoms with Crippen molar-refractivity contribution in [2.24, 2.45) is 5.92 Å². The molecule has 21 heavy (non-hydrogen) atoms. The lowest BCUT2D eigenvalue weighted by Crippen LogP contribution is -2.37. The van der Waals surface area contributed by atoms with E-state index in [2.05, 4.69) is 10.4 Å². The highest BCUT2D eigenvalue weighted by atomic mass is 16.6. The van der Waals surface area contributed by atoms with E-state index in [0.717, 1.165) is 0 Å². The minimum atomic E-state index is -0.734. The zero-order valence-corrected chi connectivity index (χ0v) is 12.9. The number of aromatic nitrogens is 2. The van der Waals surface area contributed by atoms with Crippen molar-refractivity contribution in [2.75, 3.05) is 13.1 Å². The zero-order valence-electron chi connectivity index (χ0n) is 12.9. The molecular weight excluding hydrogens is 276 g/mol. The molecule has 0 radical (unpaired) electrons. The Balaban J connectivity index is 2.54. The Morgan fingerprint density at radius 1 is 1.33 bits per heavy atom. The summed E-state index contributed by atoms with van der Waals surface area (Å²) in [6.07, 6.45) is -1.20. The van der Waals surface area contributed by atoms with E-state index in [1.165, 1.54) is 4.68 Å². The van der Waals surface area contributed by atoms with E-state index in [0.29, 0.717) is 17.9 Å². The molecule has 120 valence electrons. The highest BCUT2D eigenvalue weighted by molar-refractivity contribution is 5.39. The summed E-state index contributed by atoms with van der Waals surface area (Å²) in [5.41, 5.74) is 0.761. The highest BCUT2D eigenvalue weighted by Crippen LogP contribution is 2.21. The minimum absolute atomic E-state index is 0.00890. The normalized spacial score (nSPS) is 14.4. The van der Waals surface area contributed by atoms with Crippen molar-refractivity contribution in [3.05, 3.63) is 21.5 Å². The van der Waals surface area contributed by atoms with Crippen LogP contribution in [0.4, 0.5) is 5.69 Å². The number of nitrogens with one attached hydrogen (secondary N) is 1. The molecule has 0 fully saturated rings. The van der Waals surface area contributed by atoms with E-state index in [-0.39, 0.29) is 24.7 Å². The van der Waals surface area contributed by atoms with Crippen molar-refractivity contribution in [3.63, 3.8) is 0 Å². The Hall–Kier alpha value is -1.51. The van der Waals surface area contributed by atoms with Gasteiger partial charge < -0.3 is 15.5 Å². The molecule has 8 nitrogen and oxygen atoms in total. The van der Waals surface area contributed by atoms with Crippen molar-refractivity contribution in [3.8, 4) is 0 Å². The Bertz CT molecular complexity index is 487. The van der Waals surface area contributed by atoms with Gasteiger partial charge in [-0.05, 0) is 19.8 Å². The van der Waals surface area contributed by atoms with Gasteiger partial charge in [0.15, 0.2) is 0 Å². The van der Waals surface area contributed by atoms with Gasteiger partial charge in [-0.3, -0.25) is 14.8 Å². The average molecular weight is 300 g/mol. The van der Waals surface area contributed by atoms with Gasteiger partial charge in [0.25, 0.3) is 0 Å². The van der Waals surface area contributed by atoms with E-state index in [1.54, 1.807) is 13.8 Å². The molecule has 2 unspecified atom stereocenters. The molecule has 2 atom stereocenters. The maximum Gasteiger partial charge on any atom is 0.312 e. The Labute approximate surface area is 123 Å². The Morgan fingerprint density at radius 2 is 1.95 bits per heavy atom. The summed E-state index contributed by atoms with van der Waals surface area (Å²) in [5.74, 6) is 0.147. The zero-order chi connectivity index (χ0) is 16.2. The fourth-order valence-corrected chi connectivity index (χ4v) is 2.03. The quantitative estimate of drug-likeness (QED) is 0.472. The number of hydrogen-bond donors (Lipinski definition) is 3. The molecular formula is C13H24N4O4. The molecule has 0 aliphatic carbocycles. The van der Waals surface area contributed by atoms with Gasteiger partial charge in [0.2, 0.25) is 0 Å². The summed E-state index contributed by atoms with van der Waals surface area (Å²) >= 11 is 0. The molecule has 0 saturated carbocycles. The summed E-state index contributed by atoms with van der Waals surface area (Å²) in [6, 6.07) is 0. The average Bonchev–Trinajstić information content (AvgIpc) is 2.63. The summed E-state index contributed by atoms with van der Waals surface area (Å²) < 4.78 is 1.44. The van der Waals surface area contributed by atoms with Crippen LogP contribution in [0.2, 0.25) is 0 Å². The van der Waals surface area contributed by atoms with Crippen molar-refractivity contribution in [1.82, 2.24) is 15.1 Å². The first-order chi connectivity index (χ1) is 9.73. The second-order valence-corrected chi connectivity index (χ2v) is 5.58. The van der Waals surface area contributed by atoms with Crippen LogP contribution in [-0.2, 0) is 6.54 Å². The maximum absolute atomic E-state index is 10.9. The van der Waals surface area contributed by atoms with Crippen molar-refractivity contribution < 1.29 is 15.1 Å². The SMILES string of the molecule is Cc1nn(CC(O)CNCC(O)C(C)C)c(C)c1[N+](=O)[O-]. The molecule has 1 aromatic rings. The summed E-state index contributed by atoms with van der Waals surface area (Å²) in [6.45, 7) is 7.87. The van der Waals surface area contributed by atoms with E-state index >= 15 is 0 Å². The number of hydrogen-bond acceptors (Lipinski definition) is 6. The monoisotopic (exact) mass is 300 g/mol. The third-order valence-electron chi connectivity index (χ3n) is 3.41. The van der Waals surface area contributed by atoms with Crippen LogP contribution < -0.4 is 5.32 Å². The predicted molar refractivity (Wildman–Crippen MR) is 78.1 cm³/mol. The van der Waals surface area contributed by atoms with Gasteiger partial charge in [-0.15, -0.1) is 0 Å². The van der Waals surface area contributed by atoms with E-state index in [9.17, 15) is 20.3 Å². The topological polar surface area (TPSA) is 113 Å². The third-order valence-corrected chi connectivity index (χ3v) is 3.41. The first kappa shape index (κ1) is 17.5. The van der Waals surface area contributed by atoms with Crippen molar-refractivity contribution in [2.45, 2.75) is 46.4 Å². The van der Waals surface area contributed by atoms with Crippen LogP contribution in [0.1, 0.15) is 25.2 Å². The van der Waals surface area contributed by atoms with E-state index in [1.807, 2.05) is 13.8 Å². The minimum Gasteiger partial charge on any atom is -0.392 e. The number of nitrogens with zero attached hydrogens (tertiary/aromatic N) is 3. The fraction of sp³-hybridized carbons (Fsp3) is 0.769. The molecule has 0 saturated heterocycles. The van der Waals surface area contributed by atoms with Crippen LogP contribution in [0, 0.1) is 29.9 Å². The summed E-state index contributed by atoms with van der Waals surface area (Å²) in [7, 11) is 0. The Morgan fingerprint density at radius 3 is 2.43 bits per heavy atom. The lowest BCUT2D eigenvalue weighted by molar-refractivity contribution is -0.386. The lowest BCUT2D eigenvalue weighted by Gasteiger charge is -2.17. The van der Waals surface area contributed by atoms with Gasteiger partial charge in [-0.2, -0.15) is 5.10 Å². The predicted octanol–water partition coefficient (Wildman–Crippen LogP) is 0.376. The molecule has 1 aromatic heterocycles. The highest BCUT2D eigenvalue weighted by Gasteiger charge is 2.22. The third kappa shape index (κ3) is 4.76. The van der Waals surface area contributed by atoms with Gasteiger partial charge in [0, 0.05) is 13.1 Å². The van der Waals surface area contributed by atoms with E-state index < -0.39 is 17.1 Å². The van der Waals surface area contributed by atoms with Gasteiger partial charge in [0.05, 0.1) is 23.7 Å². The second-order valence-electron chi connectivity index (χ2n) is 5.58. The smallest absolute Gasteiger partial charge is 0.312 e.